The molecule has 0 bridgehead atoms. The van der Waals surface area contributed by atoms with Crippen LogP contribution in [0.3, 0.4) is 0 Å². The van der Waals surface area contributed by atoms with Crippen molar-refractivity contribution in [1.29, 1.82) is 0 Å². The van der Waals surface area contributed by atoms with Gasteiger partial charge in [-0.25, -0.2) is 27.7 Å². The second-order valence-electron chi connectivity index (χ2n) is 12.3. The maximum absolute atomic E-state index is 14.4. The number of fused-ring (bicyclic) bond motifs is 5. The number of likely N-dealkylation sites (tertiary alicyclic amines) is 1. The number of carbonyl (C=O) groups is 3. The lowest BCUT2D eigenvalue weighted by Gasteiger charge is -2.43. The summed E-state index contributed by atoms with van der Waals surface area (Å²) in [6.45, 7) is 2.38. The number of nitrogens with zero attached hydrogens (tertiary/aromatic N) is 2. The summed E-state index contributed by atoms with van der Waals surface area (Å²) in [7, 11) is 2.56. The van der Waals surface area contributed by atoms with Gasteiger partial charge in [0.15, 0.2) is 11.6 Å². The van der Waals surface area contributed by atoms with Crippen LogP contribution in [0.25, 0.3) is 11.1 Å². The quantitative estimate of drug-likeness (QED) is 0.259. The number of urea groups is 2. The van der Waals surface area contributed by atoms with E-state index in [4.69, 9.17) is 9.47 Å². The van der Waals surface area contributed by atoms with E-state index >= 15 is 0 Å². The van der Waals surface area contributed by atoms with Crippen molar-refractivity contribution in [3.8, 4) is 11.1 Å². The molecule has 2 aliphatic heterocycles. The Bertz CT molecular complexity index is 1680. The highest BCUT2D eigenvalue weighted by Crippen LogP contribution is 2.54. The summed E-state index contributed by atoms with van der Waals surface area (Å²) >= 11 is 0. The van der Waals surface area contributed by atoms with Crippen LogP contribution >= 0.6 is 0 Å². The van der Waals surface area contributed by atoms with E-state index in [-0.39, 0.29) is 29.9 Å². The second kappa shape index (κ2) is 13.4. The lowest BCUT2D eigenvalue weighted by Crippen LogP contribution is -2.64. The zero-order chi connectivity index (χ0) is 33.3. The number of rotatable bonds is 8. The molecule has 2 heterocycles. The largest absolute Gasteiger partial charge is 0.469 e. The first kappa shape index (κ1) is 32.5. The van der Waals surface area contributed by atoms with Crippen LogP contribution in [0.5, 0.6) is 0 Å². The number of piperidine rings is 1. The van der Waals surface area contributed by atoms with Gasteiger partial charge in [-0.15, -0.1) is 0 Å². The zero-order valence-corrected chi connectivity index (χ0v) is 26.2. The maximum Gasteiger partial charge on any atom is 0.326 e. The number of benzene rings is 3. The molecule has 0 aromatic heterocycles. The minimum Gasteiger partial charge on any atom is -0.469 e. The molecule has 0 radical (unpaired) electrons. The third-order valence-corrected chi connectivity index (χ3v) is 9.77. The van der Waals surface area contributed by atoms with E-state index < -0.39 is 47.7 Å². The van der Waals surface area contributed by atoms with Crippen molar-refractivity contribution in [2.45, 2.75) is 36.8 Å². The molecule has 47 heavy (non-hydrogen) atoms. The first-order valence-corrected chi connectivity index (χ1v) is 15.7. The number of amides is 4. The molecule has 3 aromatic rings. The summed E-state index contributed by atoms with van der Waals surface area (Å²) in [5, 5.41) is 5.38. The Labute approximate surface area is 271 Å². The average Bonchev–Trinajstić information content (AvgIpc) is 3.32. The standard InChI is InChI=1S/C35H37F3N4O5/c1-46-20-29-30(32(43)47-2)31(21-8-11-27(37)28(38)18-21)42(34(45)40-29)33(44)39-14-5-15-41-16-12-35(13-17-41)25-7-4-3-6-23(25)24-10-9-22(36)19-26(24)35/h3-4,6-11,18-19,29-31H,5,12-17,20H2,1-2H3,(H,39,44)(H,40,45). The molecule has 3 aromatic carbocycles. The van der Waals surface area contributed by atoms with Crippen LogP contribution in [0.4, 0.5) is 22.8 Å². The highest BCUT2D eigenvalue weighted by Gasteiger charge is 2.50. The Hall–Kier alpha value is -4.42. The Balaban J connectivity index is 1.11. The number of halogens is 3. The Morgan fingerprint density at radius 3 is 2.43 bits per heavy atom. The normalized spacial score (nSPS) is 21.6. The highest BCUT2D eigenvalue weighted by atomic mass is 19.2. The third-order valence-electron chi connectivity index (χ3n) is 9.77. The molecule has 1 spiro atoms. The van der Waals surface area contributed by atoms with E-state index in [1.54, 1.807) is 6.07 Å². The molecule has 248 valence electrons. The van der Waals surface area contributed by atoms with Crippen molar-refractivity contribution < 1.29 is 37.0 Å². The third kappa shape index (κ3) is 5.96. The first-order chi connectivity index (χ1) is 22.7. The van der Waals surface area contributed by atoms with Crippen LogP contribution in [0, 0.1) is 23.4 Å². The molecular formula is C35H37F3N4O5. The molecule has 0 saturated carbocycles. The number of carbonyl (C=O) groups excluding carboxylic acids is 3. The fourth-order valence-electron chi connectivity index (χ4n) is 7.56. The lowest BCUT2D eigenvalue weighted by atomic mass is 9.71. The van der Waals surface area contributed by atoms with Crippen molar-refractivity contribution in [2.75, 3.05) is 47.0 Å². The van der Waals surface area contributed by atoms with Crippen LogP contribution in [-0.2, 0) is 19.7 Å². The van der Waals surface area contributed by atoms with Crippen molar-refractivity contribution in [2.24, 2.45) is 5.92 Å². The summed E-state index contributed by atoms with van der Waals surface area (Å²) in [5.74, 6) is -4.44. The fraction of sp³-hybridized carbons (Fsp3) is 0.400. The van der Waals surface area contributed by atoms with E-state index in [0.29, 0.717) is 13.0 Å². The smallest absolute Gasteiger partial charge is 0.326 e. The van der Waals surface area contributed by atoms with Gasteiger partial charge in [0.05, 0.1) is 25.8 Å². The molecule has 2 fully saturated rings. The molecule has 2 N–H and O–H groups in total. The Kier molecular flexibility index (Phi) is 9.25. The molecule has 3 atom stereocenters. The lowest BCUT2D eigenvalue weighted by molar-refractivity contribution is -0.150. The molecule has 12 heteroatoms. The Morgan fingerprint density at radius 2 is 1.70 bits per heavy atom. The number of hydrogen-bond donors (Lipinski definition) is 2. The van der Waals surface area contributed by atoms with Crippen LogP contribution in [0.15, 0.2) is 60.7 Å². The molecule has 6 rings (SSSR count). The number of imide groups is 1. The van der Waals surface area contributed by atoms with Gasteiger partial charge in [-0.05, 0) is 91.0 Å². The monoisotopic (exact) mass is 650 g/mol. The number of esters is 1. The SMILES string of the molecule is COCC1NC(=O)N(C(=O)NCCCN2CCC3(CC2)c2ccccc2-c2ccc(F)cc23)C(c2ccc(F)c(F)c2)C1C(=O)OC. The average molecular weight is 651 g/mol. The van der Waals surface area contributed by atoms with E-state index in [2.05, 4.69) is 27.7 Å². The predicted octanol–water partition coefficient (Wildman–Crippen LogP) is 5.14. The Morgan fingerprint density at radius 1 is 0.957 bits per heavy atom. The van der Waals surface area contributed by atoms with Crippen molar-refractivity contribution >= 4 is 18.0 Å². The molecule has 9 nitrogen and oxygen atoms in total. The van der Waals surface area contributed by atoms with Crippen LogP contribution in [0.2, 0.25) is 0 Å². The second-order valence-corrected chi connectivity index (χ2v) is 12.3. The van der Waals surface area contributed by atoms with Crippen LogP contribution in [0.1, 0.15) is 42.0 Å². The topological polar surface area (TPSA) is 100 Å². The minimum absolute atomic E-state index is 0.0580. The zero-order valence-electron chi connectivity index (χ0n) is 26.2. The number of ether oxygens (including phenoxy) is 2. The van der Waals surface area contributed by atoms with Gasteiger partial charge in [0.25, 0.3) is 0 Å². The molecule has 3 unspecified atom stereocenters. The van der Waals surface area contributed by atoms with Gasteiger partial charge in [-0.1, -0.05) is 36.4 Å². The molecule has 4 amide bonds. The summed E-state index contributed by atoms with van der Waals surface area (Å²) in [4.78, 5) is 42.9. The summed E-state index contributed by atoms with van der Waals surface area (Å²) in [6.07, 6.45) is 2.22. The van der Waals surface area contributed by atoms with Gasteiger partial charge in [0, 0.05) is 19.1 Å². The fourth-order valence-corrected chi connectivity index (χ4v) is 7.56. The summed E-state index contributed by atoms with van der Waals surface area (Å²) in [5.41, 5.74) is 4.34. The van der Waals surface area contributed by atoms with Crippen molar-refractivity contribution in [3.63, 3.8) is 0 Å². The van der Waals surface area contributed by atoms with Crippen LogP contribution in [-0.4, -0.2) is 80.9 Å². The maximum atomic E-state index is 14.4. The molecular weight excluding hydrogens is 613 g/mol. The van der Waals surface area contributed by atoms with E-state index in [9.17, 15) is 27.6 Å². The number of methoxy groups -OCH3 is 2. The first-order valence-electron chi connectivity index (χ1n) is 15.7. The van der Waals surface area contributed by atoms with Gasteiger partial charge in [-0.3, -0.25) is 4.79 Å². The molecule has 3 aliphatic rings. The van der Waals surface area contributed by atoms with Gasteiger partial charge in [-0.2, -0.15) is 0 Å². The van der Waals surface area contributed by atoms with E-state index in [1.165, 1.54) is 31.9 Å². The summed E-state index contributed by atoms with van der Waals surface area (Å²) in [6, 6.07) is 12.6. The molecule has 2 saturated heterocycles. The van der Waals surface area contributed by atoms with E-state index in [0.717, 1.165) is 59.7 Å². The van der Waals surface area contributed by atoms with E-state index in [1.807, 2.05) is 18.2 Å². The summed E-state index contributed by atoms with van der Waals surface area (Å²) < 4.78 is 52.7. The predicted molar refractivity (Wildman–Crippen MR) is 167 cm³/mol. The number of nitrogens with one attached hydrogen (secondary N) is 2. The highest BCUT2D eigenvalue weighted by molar-refractivity contribution is 5.96. The minimum atomic E-state index is -1.29. The van der Waals surface area contributed by atoms with Gasteiger partial charge >= 0.3 is 18.0 Å². The van der Waals surface area contributed by atoms with Gasteiger partial charge in [0.1, 0.15) is 11.7 Å². The molecule has 1 aliphatic carbocycles. The van der Waals surface area contributed by atoms with Crippen molar-refractivity contribution in [1.82, 2.24) is 20.4 Å². The van der Waals surface area contributed by atoms with Crippen molar-refractivity contribution in [3.05, 3.63) is 94.8 Å². The van der Waals surface area contributed by atoms with Gasteiger partial charge < -0.3 is 25.0 Å². The van der Waals surface area contributed by atoms with Gasteiger partial charge in [0.2, 0.25) is 0 Å². The number of hydrogen-bond acceptors (Lipinski definition) is 6. The van der Waals surface area contributed by atoms with Crippen LogP contribution < -0.4 is 10.6 Å².